The van der Waals surface area contributed by atoms with Crippen molar-refractivity contribution in [3.8, 4) is 11.1 Å². The summed E-state index contributed by atoms with van der Waals surface area (Å²) in [7, 11) is 0. The first-order valence-corrected chi connectivity index (χ1v) is 6.40. The summed E-state index contributed by atoms with van der Waals surface area (Å²) in [6.07, 6.45) is -4.79. The van der Waals surface area contributed by atoms with Gasteiger partial charge >= 0.3 is 12.1 Å². The molecule has 0 amide bonds. The predicted octanol–water partition coefficient (Wildman–Crippen LogP) is 4.70. The molecule has 0 aliphatic heterocycles. The van der Waals surface area contributed by atoms with Crippen molar-refractivity contribution in [2.45, 2.75) is 19.0 Å². The molecular weight excluding hydrogens is 300 g/mol. The highest BCUT2D eigenvalue weighted by atomic mass is 19.4. The lowest BCUT2D eigenvalue weighted by Gasteiger charge is -2.13. The van der Waals surface area contributed by atoms with Gasteiger partial charge in [-0.2, -0.15) is 13.2 Å². The summed E-state index contributed by atoms with van der Waals surface area (Å²) in [5.41, 5.74) is -0.966. The van der Waals surface area contributed by atoms with E-state index in [9.17, 15) is 22.4 Å². The molecule has 1 N–H and O–H groups in total. The third-order valence-corrected chi connectivity index (χ3v) is 3.37. The number of alkyl halides is 3. The molecule has 2 rings (SSSR count). The van der Waals surface area contributed by atoms with Crippen molar-refractivity contribution in [2.75, 3.05) is 0 Å². The van der Waals surface area contributed by atoms with Gasteiger partial charge in [0.1, 0.15) is 5.82 Å². The Kier molecular flexibility index (Phi) is 4.21. The van der Waals surface area contributed by atoms with Crippen LogP contribution in [0.1, 0.15) is 24.0 Å². The Bertz CT molecular complexity index is 708. The van der Waals surface area contributed by atoms with Crippen LogP contribution in [0, 0.1) is 5.82 Å². The molecule has 2 aromatic rings. The molecule has 0 fully saturated rings. The molecule has 0 bridgehead atoms. The molecule has 2 nitrogen and oxygen atoms in total. The zero-order chi connectivity index (χ0) is 16.5. The summed E-state index contributed by atoms with van der Waals surface area (Å²) in [6, 6.07) is 8.87. The molecule has 0 aliphatic carbocycles. The Morgan fingerprint density at radius 3 is 2.36 bits per heavy atom. The SMILES string of the molecule is CC(C(=O)O)c1cccc(-c2cccc(C(F)(F)F)c2F)c1. The molecule has 22 heavy (non-hydrogen) atoms. The van der Waals surface area contributed by atoms with E-state index in [2.05, 4.69) is 0 Å². The van der Waals surface area contributed by atoms with Gasteiger partial charge in [0, 0.05) is 5.56 Å². The summed E-state index contributed by atoms with van der Waals surface area (Å²) in [5.74, 6) is -3.27. The van der Waals surface area contributed by atoms with Crippen LogP contribution in [0.5, 0.6) is 0 Å². The van der Waals surface area contributed by atoms with Gasteiger partial charge in [-0.05, 0) is 24.1 Å². The first kappa shape index (κ1) is 16.0. The number of carboxylic acid groups (broad SMARTS) is 1. The number of aliphatic carboxylic acids is 1. The van der Waals surface area contributed by atoms with Crippen LogP contribution >= 0.6 is 0 Å². The van der Waals surface area contributed by atoms with Crippen LogP contribution in [0.25, 0.3) is 11.1 Å². The van der Waals surface area contributed by atoms with Gasteiger partial charge in [0.15, 0.2) is 0 Å². The first-order chi connectivity index (χ1) is 10.2. The van der Waals surface area contributed by atoms with Gasteiger partial charge in [-0.15, -0.1) is 0 Å². The molecule has 0 aromatic heterocycles. The van der Waals surface area contributed by atoms with Crippen LogP contribution in [0.3, 0.4) is 0 Å². The van der Waals surface area contributed by atoms with Crippen LogP contribution in [-0.2, 0) is 11.0 Å². The summed E-state index contributed by atoms with van der Waals surface area (Å²) in [5, 5.41) is 8.98. The summed E-state index contributed by atoms with van der Waals surface area (Å²) in [4.78, 5) is 11.0. The molecule has 1 atom stereocenters. The normalized spacial score (nSPS) is 13.0. The van der Waals surface area contributed by atoms with Crippen molar-refractivity contribution < 1.29 is 27.5 Å². The zero-order valence-electron chi connectivity index (χ0n) is 11.5. The topological polar surface area (TPSA) is 37.3 Å². The number of halogens is 4. The highest BCUT2D eigenvalue weighted by Gasteiger charge is 2.35. The molecule has 0 spiro atoms. The van der Waals surface area contributed by atoms with Crippen molar-refractivity contribution in [1.82, 2.24) is 0 Å². The smallest absolute Gasteiger partial charge is 0.419 e. The average Bonchev–Trinajstić information content (AvgIpc) is 2.45. The average molecular weight is 312 g/mol. The van der Waals surface area contributed by atoms with E-state index < -0.39 is 29.4 Å². The highest BCUT2D eigenvalue weighted by Crippen LogP contribution is 2.36. The maximum atomic E-state index is 14.1. The molecule has 6 heteroatoms. The number of benzene rings is 2. The second kappa shape index (κ2) is 5.79. The fourth-order valence-electron chi connectivity index (χ4n) is 2.09. The van der Waals surface area contributed by atoms with E-state index in [0.29, 0.717) is 11.6 Å². The van der Waals surface area contributed by atoms with E-state index in [1.807, 2.05) is 0 Å². The van der Waals surface area contributed by atoms with Gasteiger partial charge in [0.2, 0.25) is 0 Å². The van der Waals surface area contributed by atoms with E-state index in [1.165, 1.54) is 37.3 Å². The Balaban J connectivity index is 2.54. The molecule has 2 aromatic carbocycles. The molecule has 0 saturated carbocycles. The van der Waals surface area contributed by atoms with Crippen molar-refractivity contribution in [1.29, 1.82) is 0 Å². The van der Waals surface area contributed by atoms with E-state index in [-0.39, 0.29) is 11.1 Å². The number of hydrogen-bond acceptors (Lipinski definition) is 1. The van der Waals surface area contributed by atoms with Crippen molar-refractivity contribution in [3.05, 3.63) is 59.4 Å². The number of hydrogen-bond donors (Lipinski definition) is 1. The summed E-state index contributed by atoms with van der Waals surface area (Å²) < 4.78 is 52.3. The van der Waals surface area contributed by atoms with Gasteiger partial charge in [-0.25, -0.2) is 4.39 Å². The third-order valence-electron chi connectivity index (χ3n) is 3.37. The van der Waals surface area contributed by atoms with Crippen LogP contribution in [-0.4, -0.2) is 11.1 Å². The molecule has 1 unspecified atom stereocenters. The quantitative estimate of drug-likeness (QED) is 0.834. The molecule has 116 valence electrons. The highest BCUT2D eigenvalue weighted by molar-refractivity contribution is 5.77. The van der Waals surface area contributed by atoms with Gasteiger partial charge < -0.3 is 5.11 Å². The Hall–Kier alpha value is -2.37. The predicted molar refractivity (Wildman–Crippen MR) is 72.9 cm³/mol. The van der Waals surface area contributed by atoms with Gasteiger partial charge in [0.05, 0.1) is 11.5 Å². The van der Waals surface area contributed by atoms with E-state index in [1.54, 1.807) is 0 Å². The number of carbonyl (C=O) groups is 1. The standard InChI is InChI=1S/C16H12F4O2/c1-9(15(21)22)10-4-2-5-11(8-10)12-6-3-7-13(14(12)17)16(18,19)20/h2-9H,1H3,(H,21,22). The van der Waals surface area contributed by atoms with E-state index >= 15 is 0 Å². The molecular formula is C16H12F4O2. The van der Waals surface area contributed by atoms with Gasteiger partial charge in [0.25, 0.3) is 0 Å². The van der Waals surface area contributed by atoms with Crippen LogP contribution in [0.2, 0.25) is 0 Å². The minimum atomic E-state index is -4.79. The fraction of sp³-hybridized carbons (Fsp3) is 0.188. The van der Waals surface area contributed by atoms with Gasteiger partial charge in [-0.1, -0.05) is 36.4 Å². The largest absolute Gasteiger partial charge is 0.481 e. The van der Waals surface area contributed by atoms with Crippen molar-refractivity contribution in [3.63, 3.8) is 0 Å². The second-order valence-electron chi connectivity index (χ2n) is 4.85. The maximum absolute atomic E-state index is 14.1. The van der Waals surface area contributed by atoms with Crippen molar-refractivity contribution in [2.24, 2.45) is 0 Å². The number of carboxylic acids is 1. The molecule has 0 heterocycles. The molecule has 0 saturated heterocycles. The Labute approximate surface area is 124 Å². The summed E-state index contributed by atoms with van der Waals surface area (Å²) >= 11 is 0. The lowest BCUT2D eigenvalue weighted by Crippen LogP contribution is -2.09. The Morgan fingerprint density at radius 2 is 1.77 bits per heavy atom. The maximum Gasteiger partial charge on any atom is 0.419 e. The molecule has 0 aliphatic rings. The lowest BCUT2D eigenvalue weighted by molar-refractivity contribution is -0.140. The summed E-state index contributed by atoms with van der Waals surface area (Å²) in [6.45, 7) is 1.45. The van der Waals surface area contributed by atoms with Gasteiger partial charge in [-0.3, -0.25) is 4.79 Å². The van der Waals surface area contributed by atoms with Crippen molar-refractivity contribution >= 4 is 5.97 Å². The second-order valence-corrected chi connectivity index (χ2v) is 4.85. The lowest BCUT2D eigenvalue weighted by atomic mass is 9.95. The minimum absolute atomic E-state index is 0.203. The Morgan fingerprint density at radius 1 is 1.14 bits per heavy atom. The van der Waals surface area contributed by atoms with Crippen LogP contribution < -0.4 is 0 Å². The minimum Gasteiger partial charge on any atom is -0.481 e. The fourth-order valence-corrected chi connectivity index (χ4v) is 2.09. The molecule has 0 radical (unpaired) electrons. The van der Waals surface area contributed by atoms with E-state index in [4.69, 9.17) is 5.11 Å². The zero-order valence-corrected chi connectivity index (χ0v) is 11.5. The van der Waals surface area contributed by atoms with Crippen LogP contribution in [0.15, 0.2) is 42.5 Å². The first-order valence-electron chi connectivity index (χ1n) is 6.40. The third kappa shape index (κ3) is 3.10. The number of rotatable bonds is 3. The van der Waals surface area contributed by atoms with Crippen LogP contribution in [0.4, 0.5) is 17.6 Å². The van der Waals surface area contributed by atoms with E-state index in [0.717, 1.165) is 6.07 Å². The monoisotopic (exact) mass is 312 g/mol.